The summed E-state index contributed by atoms with van der Waals surface area (Å²) in [5, 5.41) is 0. The van der Waals surface area contributed by atoms with Crippen molar-refractivity contribution in [1.82, 2.24) is 4.98 Å². The van der Waals surface area contributed by atoms with Crippen LogP contribution in [-0.4, -0.2) is 13.4 Å². The van der Waals surface area contributed by atoms with Crippen LogP contribution >= 0.6 is 31.9 Å². The lowest BCUT2D eigenvalue weighted by Gasteiger charge is -2.12. The van der Waals surface area contributed by atoms with Crippen molar-refractivity contribution >= 4 is 47.6 Å². The number of aromatic nitrogens is 1. The molecule has 0 bridgehead atoms. The van der Waals surface area contributed by atoms with E-state index in [2.05, 4.69) is 41.6 Å². The third-order valence-corrected chi connectivity index (χ3v) is 5.09. The van der Waals surface area contributed by atoms with Crippen molar-refractivity contribution in [2.75, 3.05) is 4.72 Å². The predicted octanol–water partition coefficient (Wildman–Crippen LogP) is 3.01. The van der Waals surface area contributed by atoms with Crippen molar-refractivity contribution in [2.24, 2.45) is 0 Å². The van der Waals surface area contributed by atoms with Gasteiger partial charge in [-0.25, -0.2) is 8.42 Å². The molecular formula is C12H10Br2N2O3S. The van der Waals surface area contributed by atoms with Gasteiger partial charge in [0.05, 0.1) is 5.69 Å². The number of benzene rings is 1. The van der Waals surface area contributed by atoms with E-state index in [0.29, 0.717) is 14.6 Å². The Kier molecular flexibility index (Phi) is 4.36. The largest absolute Gasteiger partial charge is 0.328 e. The monoisotopic (exact) mass is 420 g/mol. The Balaban J connectivity index is 2.43. The molecule has 2 rings (SSSR count). The zero-order valence-electron chi connectivity index (χ0n) is 10.3. The van der Waals surface area contributed by atoms with Crippen LogP contribution in [0.1, 0.15) is 5.56 Å². The number of hydrogen-bond acceptors (Lipinski definition) is 3. The number of halogens is 2. The molecule has 0 unspecified atom stereocenters. The van der Waals surface area contributed by atoms with Gasteiger partial charge in [-0.15, -0.1) is 0 Å². The Morgan fingerprint density at radius 2 is 1.75 bits per heavy atom. The molecule has 106 valence electrons. The maximum atomic E-state index is 12.2. The molecule has 1 aromatic heterocycles. The van der Waals surface area contributed by atoms with Crippen LogP contribution in [-0.2, 0) is 10.0 Å². The van der Waals surface area contributed by atoms with E-state index in [1.165, 1.54) is 6.07 Å². The summed E-state index contributed by atoms with van der Waals surface area (Å²) < 4.78 is 28.2. The summed E-state index contributed by atoms with van der Waals surface area (Å²) in [6.07, 6.45) is 1.15. The van der Waals surface area contributed by atoms with Gasteiger partial charge in [0, 0.05) is 21.2 Å². The zero-order valence-corrected chi connectivity index (χ0v) is 14.3. The third-order valence-electron chi connectivity index (χ3n) is 2.49. The van der Waals surface area contributed by atoms with Gasteiger partial charge in [-0.05, 0) is 62.5 Å². The van der Waals surface area contributed by atoms with Crippen LogP contribution in [0.3, 0.4) is 0 Å². The molecule has 1 heterocycles. The van der Waals surface area contributed by atoms with E-state index < -0.39 is 10.0 Å². The van der Waals surface area contributed by atoms with Gasteiger partial charge in [-0.2, -0.15) is 0 Å². The van der Waals surface area contributed by atoms with Gasteiger partial charge in [-0.3, -0.25) is 9.52 Å². The van der Waals surface area contributed by atoms with Crippen molar-refractivity contribution in [1.29, 1.82) is 0 Å². The highest BCUT2D eigenvalue weighted by Crippen LogP contribution is 2.33. The molecule has 20 heavy (non-hydrogen) atoms. The fourth-order valence-electron chi connectivity index (χ4n) is 1.55. The molecule has 0 atom stereocenters. The fraction of sp³-hybridized carbons (Fsp3) is 0.0833. The molecule has 5 nitrogen and oxygen atoms in total. The van der Waals surface area contributed by atoms with E-state index in [0.717, 1.165) is 17.8 Å². The minimum Gasteiger partial charge on any atom is -0.328 e. The average molecular weight is 422 g/mol. The number of aryl methyl sites for hydroxylation is 1. The quantitative estimate of drug-likeness (QED) is 0.799. The first-order valence-electron chi connectivity index (χ1n) is 5.47. The van der Waals surface area contributed by atoms with Gasteiger partial charge < -0.3 is 4.98 Å². The molecule has 0 radical (unpaired) electrons. The highest BCUT2D eigenvalue weighted by Gasteiger charge is 2.17. The lowest BCUT2D eigenvalue weighted by molar-refractivity contribution is 0.600. The second-order valence-electron chi connectivity index (χ2n) is 4.10. The number of pyridine rings is 1. The lowest BCUT2D eigenvalue weighted by Crippen LogP contribution is -2.15. The Hall–Kier alpha value is -1.12. The summed E-state index contributed by atoms with van der Waals surface area (Å²) >= 11 is 6.64. The van der Waals surface area contributed by atoms with Crippen LogP contribution in [0.25, 0.3) is 0 Å². The van der Waals surface area contributed by atoms with Gasteiger partial charge in [0.15, 0.2) is 0 Å². The van der Waals surface area contributed by atoms with Crippen molar-refractivity contribution < 1.29 is 8.42 Å². The van der Waals surface area contributed by atoms with Gasteiger partial charge in [0.1, 0.15) is 4.90 Å². The molecule has 0 saturated heterocycles. The van der Waals surface area contributed by atoms with Crippen molar-refractivity contribution in [2.45, 2.75) is 11.8 Å². The molecule has 0 spiro atoms. The smallest absolute Gasteiger partial charge is 0.263 e. The number of aromatic amines is 1. The van der Waals surface area contributed by atoms with Crippen LogP contribution in [0.2, 0.25) is 0 Å². The average Bonchev–Trinajstić information content (AvgIpc) is 2.34. The number of H-pyrrole nitrogens is 1. The maximum Gasteiger partial charge on any atom is 0.263 e. The molecule has 8 heteroatoms. The summed E-state index contributed by atoms with van der Waals surface area (Å²) in [5.74, 6) is 0. The Labute approximate surface area is 132 Å². The molecule has 0 aliphatic carbocycles. The number of anilines is 1. The minimum absolute atomic E-state index is 0.0172. The van der Waals surface area contributed by atoms with Crippen LogP contribution in [0, 0.1) is 6.92 Å². The normalized spacial score (nSPS) is 11.3. The summed E-state index contributed by atoms with van der Waals surface area (Å²) in [6.45, 7) is 1.90. The highest BCUT2D eigenvalue weighted by molar-refractivity contribution is 9.11. The van der Waals surface area contributed by atoms with Crippen LogP contribution < -0.4 is 10.3 Å². The Bertz CT molecular complexity index is 772. The van der Waals surface area contributed by atoms with Crippen molar-refractivity contribution in [3.63, 3.8) is 0 Å². The lowest BCUT2D eigenvalue weighted by atomic mass is 10.2. The molecule has 0 aliphatic rings. The number of rotatable bonds is 3. The van der Waals surface area contributed by atoms with Gasteiger partial charge in [-0.1, -0.05) is 0 Å². The predicted molar refractivity (Wildman–Crippen MR) is 84.5 cm³/mol. The van der Waals surface area contributed by atoms with Gasteiger partial charge in [0.25, 0.3) is 10.0 Å². The highest BCUT2D eigenvalue weighted by atomic mass is 79.9. The van der Waals surface area contributed by atoms with Gasteiger partial charge >= 0.3 is 0 Å². The third kappa shape index (κ3) is 3.31. The topological polar surface area (TPSA) is 79.0 Å². The molecular weight excluding hydrogens is 412 g/mol. The summed E-state index contributed by atoms with van der Waals surface area (Å²) in [5.41, 5.74) is 1.03. The number of hydrogen-bond donors (Lipinski definition) is 2. The summed E-state index contributed by atoms with van der Waals surface area (Å²) in [4.78, 5) is 13.3. The minimum atomic E-state index is -3.77. The van der Waals surface area contributed by atoms with Crippen LogP contribution in [0.5, 0.6) is 0 Å². The maximum absolute atomic E-state index is 12.2. The van der Waals surface area contributed by atoms with E-state index >= 15 is 0 Å². The van der Waals surface area contributed by atoms with E-state index in [4.69, 9.17) is 0 Å². The first-order chi connectivity index (χ1) is 9.29. The molecule has 0 aliphatic heterocycles. The first kappa shape index (κ1) is 15.3. The Morgan fingerprint density at radius 1 is 1.15 bits per heavy atom. The van der Waals surface area contributed by atoms with Gasteiger partial charge in [0.2, 0.25) is 5.56 Å². The van der Waals surface area contributed by atoms with Crippen LogP contribution in [0.4, 0.5) is 5.69 Å². The second-order valence-corrected chi connectivity index (χ2v) is 7.49. The first-order valence-corrected chi connectivity index (χ1v) is 8.54. The summed E-state index contributed by atoms with van der Waals surface area (Å²) in [6, 6.07) is 6.01. The number of nitrogens with one attached hydrogen (secondary N) is 2. The molecule has 2 aromatic rings. The van der Waals surface area contributed by atoms with Crippen LogP contribution in [0.15, 0.2) is 49.1 Å². The Morgan fingerprint density at radius 3 is 2.25 bits per heavy atom. The fourth-order valence-corrected chi connectivity index (χ4v) is 4.50. The SMILES string of the molecule is Cc1cc(Br)c(NS(=O)(=O)c2ccc(=O)[nH]c2)c(Br)c1. The van der Waals surface area contributed by atoms with E-state index in [-0.39, 0.29) is 10.5 Å². The van der Waals surface area contributed by atoms with Crippen molar-refractivity contribution in [3.8, 4) is 0 Å². The molecule has 0 amide bonds. The molecule has 2 N–H and O–H groups in total. The standard InChI is InChI=1S/C12H10Br2N2O3S/c1-7-4-9(13)12(10(14)5-7)16-20(18,19)8-2-3-11(17)15-6-8/h2-6,16H,1H3,(H,15,17). The molecule has 1 aromatic carbocycles. The van der Waals surface area contributed by atoms with Crippen molar-refractivity contribution in [3.05, 3.63) is 55.3 Å². The van der Waals surface area contributed by atoms with E-state index in [9.17, 15) is 13.2 Å². The number of sulfonamides is 1. The summed E-state index contributed by atoms with van der Waals surface area (Å²) in [7, 11) is -3.77. The second kappa shape index (κ2) is 5.71. The van der Waals surface area contributed by atoms with E-state index in [1.807, 2.05) is 6.92 Å². The zero-order chi connectivity index (χ0) is 14.9. The van der Waals surface area contributed by atoms with E-state index in [1.54, 1.807) is 12.1 Å². The molecule has 0 fully saturated rings. The molecule has 0 saturated carbocycles.